The molecule has 1 aromatic carbocycles. The van der Waals surface area contributed by atoms with Crippen molar-refractivity contribution in [2.24, 2.45) is 11.0 Å². The van der Waals surface area contributed by atoms with Crippen molar-refractivity contribution in [2.75, 3.05) is 18.4 Å². The fourth-order valence-electron chi connectivity index (χ4n) is 2.57. The first-order valence-corrected chi connectivity index (χ1v) is 7.16. The SMILES string of the molecule is O=C1CN2C[C@@H](C(=O)Nc3cccc(Cl)c3)CCC2=NN1. The Kier molecular flexibility index (Phi) is 3.79. The summed E-state index contributed by atoms with van der Waals surface area (Å²) in [6, 6.07) is 7.06. The van der Waals surface area contributed by atoms with Gasteiger partial charge in [-0.05, 0) is 24.6 Å². The number of carbonyl (C=O) groups excluding carboxylic acids is 2. The molecule has 6 nitrogen and oxygen atoms in total. The van der Waals surface area contributed by atoms with E-state index >= 15 is 0 Å². The minimum absolute atomic E-state index is 0.0534. The average molecular weight is 307 g/mol. The highest BCUT2D eigenvalue weighted by Gasteiger charge is 2.32. The quantitative estimate of drug-likeness (QED) is 0.868. The number of halogens is 1. The Morgan fingerprint density at radius 2 is 2.33 bits per heavy atom. The molecule has 110 valence electrons. The van der Waals surface area contributed by atoms with Gasteiger partial charge in [-0.25, -0.2) is 5.43 Å². The predicted molar refractivity (Wildman–Crippen MR) is 80.0 cm³/mol. The molecule has 2 heterocycles. The standard InChI is InChI=1S/C14H15ClN4O2/c15-10-2-1-3-11(6-10)16-14(21)9-4-5-12-17-18-13(20)8-19(12)7-9/h1-3,6,9H,4-5,7-8H2,(H,16,21)(H,18,20)/t9-/m0/s1. The molecule has 21 heavy (non-hydrogen) atoms. The smallest absolute Gasteiger partial charge is 0.259 e. The number of amidine groups is 1. The normalized spacial score (nSPS) is 21.2. The maximum atomic E-state index is 12.3. The lowest BCUT2D eigenvalue weighted by Gasteiger charge is -2.35. The van der Waals surface area contributed by atoms with Crippen LogP contribution in [0.4, 0.5) is 5.69 Å². The molecule has 2 amide bonds. The van der Waals surface area contributed by atoms with Gasteiger partial charge in [0.15, 0.2) is 0 Å². The van der Waals surface area contributed by atoms with Crippen molar-refractivity contribution < 1.29 is 9.59 Å². The van der Waals surface area contributed by atoms with Crippen LogP contribution in [0.2, 0.25) is 5.02 Å². The minimum atomic E-state index is -0.158. The lowest BCUT2D eigenvalue weighted by molar-refractivity contribution is -0.124. The second-order valence-corrected chi connectivity index (χ2v) is 5.62. The molecule has 2 aliphatic heterocycles. The Bertz CT molecular complexity index is 617. The van der Waals surface area contributed by atoms with Gasteiger partial charge in [-0.3, -0.25) is 9.59 Å². The molecule has 0 unspecified atom stereocenters. The van der Waals surface area contributed by atoms with Gasteiger partial charge in [0.25, 0.3) is 5.91 Å². The summed E-state index contributed by atoms with van der Waals surface area (Å²) in [5.74, 6) is 0.493. The maximum absolute atomic E-state index is 12.3. The van der Waals surface area contributed by atoms with Crippen LogP contribution in [0, 0.1) is 5.92 Å². The van der Waals surface area contributed by atoms with E-state index in [0.717, 1.165) is 12.3 Å². The largest absolute Gasteiger partial charge is 0.348 e. The topological polar surface area (TPSA) is 73.8 Å². The van der Waals surface area contributed by atoms with E-state index in [0.29, 0.717) is 23.7 Å². The summed E-state index contributed by atoms with van der Waals surface area (Å²) in [4.78, 5) is 25.5. The van der Waals surface area contributed by atoms with Crippen LogP contribution in [0.5, 0.6) is 0 Å². The number of rotatable bonds is 2. The third-order valence-electron chi connectivity index (χ3n) is 3.63. The molecule has 1 atom stereocenters. The zero-order valence-corrected chi connectivity index (χ0v) is 12.1. The van der Waals surface area contributed by atoms with E-state index in [1.165, 1.54) is 0 Å². The number of anilines is 1. The highest BCUT2D eigenvalue weighted by molar-refractivity contribution is 6.30. The van der Waals surface area contributed by atoms with Crippen LogP contribution >= 0.6 is 11.6 Å². The summed E-state index contributed by atoms with van der Waals surface area (Å²) in [7, 11) is 0. The summed E-state index contributed by atoms with van der Waals surface area (Å²) >= 11 is 5.90. The predicted octanol–water partition coefficient (Wildman–Crippen LogP) is 1.43. The summed E-state index contributed by atoms with van der Waals surface area (Å²) in [6.45, 7) is 0.776. The molecule has 0 saturated carbocycles. The third kappa shape index (κ3) is 3.16. The maximum Gasteiger partial charge on any atom is 0.259 e. The van der Waals surface area contributed by atoms with E-state index in [1.807, 2.05) is 4.90 Å². The highest BCUT2D eigenvalue weighted by atomic mass is 35.5. The van der Waals surface area contributed by atoms with Gasteiger partial charge in [0.2, 0.25) is 5.91 Å². The average Bonchev–Trinajstić information content (AvgIpc) is 2.46. The molecular formula is C14H15ClN4O2. The number of fused-ring (bicyclic) bond motifs is 1. The first kappa shape index (κ1) is 13.9. The molecule has 0 bridgehead atoms. The van der Waals surface area contributed by atoms with E-state index in [-0.39, 0.29) is 24.3 Å². The Hall–Kier alpha value is -2.08. The molecule has 1 saturated heterocycles. The Morgan fingerprint density at radius 1 is 1.48 bits per heavy atom. The van der Waals surface area contributed by atoms with Crippen molar-refractivity contribution in [3.05, 3.63) is 29.3 Å². The molecule has 0 aliphatic carbocycles. The van der Waals surface area contributed by atoms with Gasteiger partial charge in [-0.1, -0.05) is 17.7 Å². The Morgan fingerprint density at radius 3 is 3.14 bits per heavy atom. The van der Waals surface area contributed by atoms with E-state index < -0.39 is 0 Å². The molecule has 2 N–H and O–H groups in total. The molecule has 0 radical (unpaired) electrons. The molecule has 3 rings (SSSR count). The Balaban J connectivity index is 1.65. The van der Waals surface area contributed by atoms with E-state index in [9.17, 15) is 9.59 Å². The highest BCUT2D eigenvalue weighted by Crippen LogP contribution is 2.22. The van der Waals surface area contributed by atoms with Gasteiger partial charge in [0.1, 0.15) is 5.84 Å². The fourth-order valence-corrected chi connectivity index (χ4v) is 2.76. The van der Waals surface area contributed by atoms with Crippen molar-refractivity contribution in [1.82, 2.24) is 10.3 Å². The van der Waals surface area contributed by atoms with Crippen LogP contribution in [0.1, 0.15) is 12.8 Å². The van der Waals surface area contributed by atoms with Crippen LogP contribution < -0.4 is 10.7 Å². The van der Waals surface area contributed by atoms with Gasteiger partial charge >= 0.3 is 0 Å². The molecule has 2 aliphatic rings. The van der Waals surface area contributed by atoms with E-state index in [1.54, 1.807) is 24.3 Å². The number of amides is 2. The molecule has 1 aromatic rings. The second kappa shape index (κ2) is 5.73. The first-order valence-electron chi connectivity index (χ1n) is 6.78. The number of nitrogens with zero attached hydrogens (tertiary/aromatic N) is 2. The lowest BCUT2D eigenvalue weighted by Crippen LogP contribution is -2.51. The number of benzene rings is 1. The van der Waals surface area contributed by atoms with Gasteiger partial charge in [0.05, 0.1) is 12.5 Å². The summed E-state index contributed by atoms with van der Waals surface area (Å²) in [5.41, 5.74) is 3.15. The zero-order chi connectivity index (χ0) is 14.8. The van der Waals surface area contributed by atoms with Gasteiger partial charge in [-0.2, -0.15) is 5.10 Å². The summed E-state index contributed by atoms with van der Waals surface area (Å²) in [5, 5.41) is 7.47. The zero-order valence-electron chi connectivity index (χ0n) is 11.3. The monoisotopic (exact) mass is 306 g/mol. The first-order chi connectivity index (χ1) is 10.1. The molecular weight excluding hydrogens is 292 g/mol. The number of carbonyl (C=O) groups is 2. The van der Waals surface area contributed by atoms with Crippen LogP contribution in [0.15, 0.2) is 29.4 Å². The fraction of sp³-hybridized carbons (Fsp3) is 0.357. The summed E-state index contributed by atoms with van der Waals surface area (Å²) < 4.78 is 0. The third-order valence-corrected chi connectivity index (χ3v) is 3.86. The van der Waals surface area contributed by atoms with Crippen molar-refractivity contribution in [3.8, 4) is 0 Å². The van der Waals surface area contributed by atoms with E-state index in [4.69, 9.17) is 11.6 Å². The van der Waals surface area contributed by atoms with E-state index in [2.05, 4.69) is 15.8 Å². The van der Waals surface area contributed by atoms with Crippen LogP contribution in [-0.4, -0.2) is 35.6 Å². The molecule has 1 fully saturated rings. The van der Waals surface area contributed by atoms with Crippen molar-refractivity contribution in [2.45, 2.75) is 12.8 Å². The molecule has 7 heteroatoms. The Labute approximate surface area is 127 Å². The van der Waals surface area contributed by atoms with Crippen LogP contribution in [-0.2, 0) is 9.59 Å². The van der Waals surface area contributed by atoms with Crippen molar-refractivity contribution >= 4 is 34.9 Å². The van der Waals surface area contributed by atoms with Crippen LogP contribution in [0.25, 0.3) is 0 Å². The summed E-state index contributed by atoms with van der Waals surface area (Å²) in [6.07, 6.45) is 1.41. The number of hydrogen-bond acceptors (Lipinski definition) is 4. The van der Waals surface area contributed by atoms with Gasteiger partial charge in [0, 0.05) is 23.7 Å². The van der Waals surface area contributed by atoms with Crippen molar-refractivity contribution in [3.63, 3.8) is 0 Å². The number of hydrazone groups is 1. The number of nitrogens with one attached hydrogen (secondary N) is 2. The van der Waals surface area contributed by atoms with Crippen LogP contribution in [0.3, 0.4) is 0 Å². The van der Waals surface area contributed by atoms with Gasteiger partial charge < -0.3 is 10.2 Å². The number of hydrogen-bond donors (Lipinski definition) is 2. The number of piperidine rings is 1. The minimum Gasteiger partial charge on any atom is -0.348 e. The second-order valence-electron chi connectivity index (χ2n) is 5.18. The molecule has 0 spiro atoms. The lowest BCUT2D eigenvalue weighted by atomic mass is 9.96. The molecule has 0 aromatic heterocycles. The van der Waals surface area contributed by atoms with Gasteiger partial charge in [-0.15, -0.1) is 0 Å². The van der Waals surface area contributed by atoms with Crippen molar-refractivity contribution in [1.29, 1.82) is 0 Å².